The molecule has 7 nitrogen and oxygen atoms in total. The molecule has 1 aliphatic heterocycles. The predicted molar refractivity (Wildman–Crippen MR) is 103 cm³/mol. The fraction of sp³-hybridized carbons (Fsp3) is 0.667. The van der Waals surface area contributed by atoms with Crippen molar-refractivity contribution in [1.82, 2.24) is 0 Å². The molecule has 158 valence electrons. The molecule has 0 amide bonds. The maximum Gasteiger partial charge on any atom is 0.330 e. The van der Waals surface area contributed by atoms with Gasteiger partial charge in [0.15, 0.2) is 6.10 Å². The van der Waals surface area contributed by atoms with E-state index >= 15 is 0 Å². The number of hydrogen-bond donors (Lipinski definition) is 0. The predicted octanol–water partition coefficient (Wildman–Crippen LogP) is 2.98. The molecule has 2 unspecified atom stereocenters. The van der Waals surface area contributed by atoms with Crippen LogP contribution in [0.5, 0.6) is 0 Å². The van der Waals surface area contributed by atoms with E-state index in [4.69, 9.17) is 18.9 Å². The zero-order valence-electron chi connectivity index (χ0n) is 17.7. The smallest absolute Gasteiger partial charge is 0.330 e. The molecule has 28 heavy (non-hydrogen) atoms. The Morgan fingerprint density at radius 2 is 2.04 bits per heavy atom. The lowest BCUT2D eigenvalue weighted by atomic mass is 9.75. The van der Waals surface area contributed by atoms with E-state index in [1.165, 1.54) is 20.3 Å². The van der Waals surface area contributed by atoms with E-state index in [9.17, 15) is 14.4 Å². The van der Waals surface area contributed by atoms with Crippen molar-refractivity contribution in [2.45, 2.75) is 65.0 Å². The number of carbonyl (C=O) groups is 3. The van der Waals surface area contributed by atoms with Crippen LogP contribution in [0.1, 0.15) is 47.0 Å². The maximum atomic E-state index is 12.6. The molecule has 0 spiro atoms. The largest absolute Gasteiger partial charge is 0.466 e. The quantitative estimate of drug-likeness (QED) is 0.256. The molecule has 0 N–H and O–H groups in total. The summed E-state index contributed by atoms with van der Waals surface area (Å²) in [6, 6.07) is 0. The van der Waals surface area contributed by atoms with Crippen LogP contribution in [0.25, 0.3) is 0 Å². The van der Waals surface area contributed by atoms with E-state index in [0.29, 0.717) is 31.1 Å². The molecule has 0 bridgehead atoms. The lowest BCUT2D eigenvalue weighted by Crippen LogP contribution is -2.64. The van der Waals surface area contributed by atoms with E-state index in [2.05, 4.69) is 6.58 Å². The van der Waals surface area contributed by atoms with Gasteiger partial charge in [-0.15, -0.1) is 6.58 Å². The minimum Gasteiger partial charge on any atom is -0.466 e. The summed E-state index contributed by atoms with van der Waals surface area (Å²) in [7, 11) is 2.65. The number of hydrogen-bond acceptors (Lipinski definition) is 7. The molecule has 0 aromatic carbocycles. The third-order valence-electron chi connectivity index (χ3n) is 5.17. The first-order chi connectivity index (χ1) is 13.1. The van der Waals surface area contributed by atoms with Gasteiger partial charge in [0, 0.05) is 13.2 Å². The van der Waals surface area contributed by atoms with Gasteiger partial charge in [0.1, 0.15) is 6.29 Å². The van der Waals surface area contributed by atoms with Crippen LogP contribution < -0.4 is 0 Å². The summed E-state index contributed by atoms with van der Waals surface area (Å²) in [5.41, 5.74) is -0.713. The molecule has 0 saturated carbocycles. The van der Waals surface area contributed by atoms with Crippen molar-refractivity contribution in [1.29, 1.82) is 0 Å². The molecule has 4 atom stereocenters. The van der Waals surface area contributed by atoms with Crippen molar-refractivity contribution in [3.8, 4) is 0 Å². The number of methoxy groups -OCH3 is 2. The zero-order valence-corrected chi connectivity index (χ0v) is 17.7. The molecular weight excluding hydrogens is 364 g/mol. The van der Waals surface area contributed by atoms with Crippen LogP contribution in [0.2, 0.25) is 0 Å². The van der Waals surface area contributed by atoms with Gasteiger partial charge in [-0.2, -0.15) is 0 Å². The van der Waals surface area contributed by atoms with Crippen LogP contribution in [0, 0.1) is 11.3 Å². The first-order valence-electron chi connectivity index (χ1n) is 9.41. The number of esters is 2. The molecule has 0 aromatic rings. The summed E-state index contributed by atoms with van der Waals surface area (Å²) in [5, 5.41) is 0. The second kappa shape index (κ2) is 9.98. The molecule has 1 rings (SSSR count). The Morgan fingerprint density at radius 3 is 2.50 bits per heavy atom. The van der Waals surface area contributed by atoms with Gasteiger partial charge in [0.2, 0.25) is 5.79 Å². The topological polar surface area (TPSA) is 88.1 Å². The Balaban J connectivity index is 3.58. The van der Waals surface area contributed by atoms with Crippen LogP contribution in [-0.4, -0.2) is 50.4 Å². The standard InChI is InChI=1S/C21H32O7/c1-8-10-16-11-15(12-17(23)25-6)18(27-19(24)14(3)9-2)21(26-7,28-16)20(4,5)13-22/h8,12-14,16,18H,1,9-11H2,2-7H3/b15-12+/t14?,16?,18-,21+/m0/s1. The third kappa shape index (κ3) is 4.89. The average molecular weight is 396 g/mol. The van der Waals surface area contributed by atoms with Crippen molar-refractivity contribution >= 4 is 18.2 Å². The van der Waals surface area contributed by atoms with Crippen molar-refractivity contribution < 1.29 is 33.3 Å². The third-order valence-corrected chi connectivity index (χ3v) is 5.17. The minimum absolute atomic E-state index is 0.305. The molecule has 0 radical (unpaired) electrons. The van der Waals surface area contributed by atoms with Gasteiger partial charge >= 0.3 is 11.9 Å². The molecule has 1 fully saturated rings. The Kier molecular flexibility index (Phi) is 8.57. The Labute approximate surface area is 167 Å². The van der Waals surface area contributed by atoms with Crippen molar-refractivity contribution in [2.24, 2.45) is 11.3 Å². The molecule has 1 aliphatic rings. The summed E-state index contributed by atoms with van der Waals surface area (Å²) in [6.07, 6.45) is 3.52. The molecule has 7 heteroatoms. The fourth-order valence-electron chi connectivity index (χ4n) is 3.17. The SMILES string of the molecule is C=CCC1C/C(=C\C(=O)OC)[C@H](OC(=O)C(C)CC)[C@](OC)(C(C)(C)C=O)O1. The summed E-state index contributed by atoms with van der Waals surface area (Å²) < 4.78 is 22.5. The second-order valence-electron chi connectivity index (χ2n) is 7.55. The highest BCUT2D eigenvalue weighted by Gasteiger charge is 2.60. The number of ether oxygens (including phenoxy) is 4. The number of rotatable bonds is 9. The summed E-state index contributed by atoms with van der Waals surface area (Å²) in [6.45, 7) is 10.6. The van der Waals surface area contributed by atoms with Gasteiger partial charge < -0.3 is 23.7 Å². The van der Waals surface area contributed by atoms with Gasteiger partial charge in [0.25, 0.3) is 0 Å². The van der Waals surface area contributed by atoms with E-state index in [1.807, 2.05) is 6.92 Å². The fourth-order valence-corrected chi connectivity index (χ4v) is 3.17. The highest BCUT2D eigenvalue weighted by molar-refractivity contribution is 5.83. The summed E-state index contributed by atoms with van der Waals surface area (Å²) >= 11 is 0. The van der Waals surface area contributed by atoms with Gasteiger partial charge in [-0.25, -0.2) is 4.79 Å². The lowest BCUT2D eigenvalue weighted by molar-refractivity contribution is -0.335. The van der Waals surface area contributed by atoms with Crippen molar-refractivity contribution in [2.75, 3.05) is 14.2 Å². The monoisotopic (exact) mass is 396 g/mol. The lowest BCUT2D eigenvalue weighted by Gasteiger charge is -2.51. The molecular formula is C21H32O7. The van der Waals surface area contributed by atoms with Crippen LogP contribution >= 0.6 is 0 Å². The highest BCUT2D eigenvalue weighted by Crippen LogP contribution is 2.46. The van der Waals surface area contributed by atoms with Crippen LogP contribution in [0.4, 0.5) is 0 Å². The summed E-state index contributed by atoms with van der Waals surface area (Å²) in [5.74, 6) is -3.02. The maximum absolute atomic E-state index is 12.6. The van der Waals surface area contributed by atoms with E-state index in [-0.39, 0.29) is 5.92 Å². The van der Waals surface area contributed by atoms with Gasteiger partial charge in [-0.05, 0) is 38.7 Å². The van der Waals surface area contributed by atoms with Crippen LogP contribution in [0.15, 0.2) is 24.3 Å². The molecule has 0 aromatic heterocycles. The van der Waals surface area contributed by atoms with E-state index in [0.717, 1.165) is 0 Å². The van der Waals surface area contributed by atoms with E-state index < -0.39 is 35.3 Å². The zero-order chi connectivity index (χ0) is 21.5. The molecule has 1 saturated heterocycles. The van der Waals surface area contributed by atoms with Gasteiger partial charge in [-0.3, -0.25) is 4.79 Å². The van der Waals surface area contributed by atoms with Crippen LogP contribution in [-0.2, 0) is 33.3 Å². The average Bonchev–Trinajstić information content (AvgIpc) is 2.68. The Morgan fingerprint density at radius 1 is 1.39 bits per heavy atom. The van der Waals surface area contributed by atoms with Crippen LogP contribution in [0.3, 0.4) is 0 Å². The molecule has 0 aliphatic carbocycles. The number of carbonyl (C=O) groups excluding carboxylic acids is 3. The van der Waals surface area contributed by atoms with E-state index in [1.54, 1.807) is 26.8 Å². The first kappa shape index (κ1) is 24.0. The van der Waals surface area contributed by atoms with Gasteiger partial charge in [-0.1, -0.05) is 19.9 Å². The number of aldehydes is 1. The normalized spacial score (nSPS) is 27.7. The van der Waals surface area contributed by atoms with Gasteiger partial charge in [0.05, 0.1) is 24.5 Å². The second-order valence-corrected chi connectivity index (χ2v) is 7.55. The van der Waals surface area contributed by atoms with Crippen molar-refractivity contribution in [3.63, 3.8) is 0 Å². The Hall–Kier alpha value is -1.99. The molecule has 1 heterocycles. The van der Waals surface area contributed by atoms with Crippen molar-refractivity contribution in [3.05, 3.63) is 24.3 Å². The first-order valence-corrected chi connectivity index (χ1v) is 9.41. The summed E-state index contributed by atoms with van der Waals surface area (Å²) in [4.78, 5) is 36.5. The Bertz CT molecular complexity index is 622. The minimum atomic E-state index is -1.61. The highest BCUT2D eigenvalue weighted by atomic mass is 16.7.